The van der Waals surface area contributed by atoms with E-state index in [2.05, 4.69) is 10.2 Å². The predicted octanol–water partition coefficient (Wildman–Crippen LogP) is 0.235. The Morgan fingerprint density at radius 2 is 2.14 bits per heavy atom. The summed E-state index contributed by atoms with van der Waals surface area (Å²) in [4.78, 5) is 13.6. The predicted molar refractivity (Wildman–Crippen MR) is 55.2 cm³/mol. The lowest BCUT2D eigenvalue weighted by molar-refractivity contribution is -0.121. The summed E-state index contributed by atoms with van der Waals surface area (Å²) in [6.07, 6.45) is 3.18. The second-order valence-corrected chi connectivity index (χ2v) is 3.64. The van der Waals surface area contributed by atoms with Gasteiger partial charge >= 0.3 is 0 Å². The molecule has 0 saturated carbocycles. The molecule has 1 amide bonds. The van der Waals surface area contributed by atoms with Crippen LogP contribution in [0.4, 0.5) is 0 Å². The van der Waals surface area contributed by atoms with Crippen molar-refractivity contribution in [2.24, 2.45) is 0 Å². The van der Waals surface area contributed by atoms with Crippen LogP contribution in [0, 0.1) is 0 Å². The van der Waals surface area contributed by atoms with Crippen molar-refractivity contribution in [3.05, 3.63) is 0 Å². The number of nitrogens with zero attached hydrogens (tertiary/aromatic N) is 1. The van der Waals surface area contributed by atoms with Gasteiger partial charge in [-0.05, 0) is 25.9 Å². The molecule has 1 aliphatic rings. The smallest absolute Gasteiger partial charge is 0.221 e. The lowest BCUT2D eigenvalue weighted by Gasteiger charge is -2.13. The fraction of sp³-hybridized carbons (Fsp3) is 0.900. The third-order valence-corrected chi connectivity index (χ3v) is 2.48. The summed E-state index contributed by atoms with van der Waals surface area (Å²) < 4.78 is 4.85. The summed E-state index contributed by atoms with van der Waals surface area (Å²) >= 11 is 0. The van der Waals surface area contributed by atoms with Crippen LogP contribution in [0.5, 0.6) is 0 Å². The van der Waals surface area contributed by atoms with Crippen molar-refractivity contribution >= 4 is 5.91 Å². The number of amides is 1. The lowest BCUT2D eigenvalue weighted by Crippen LogP contribution is -2.31. The van der Waals surface area contributed by atoms with Crippen molar-refractivity contribution < 1.29 is 9.53 Å². The van der Waals surface area contributed by atoms with E-state index in [0.29, 0.717) is 19.6 Å². The van der Waals surface area contributed by atoms with Gasteiger partial charge in [0, 0.05) is 26.6 Å². The lowest BCUT2D eigenvalue weighted by atomic mass is 10.3. The Bertz CT molecular complexity index is 168. The Morgan fingerprint density at radius 3 is 2.79 bits per heavy atom. The molecule has 0 spiro atoms. The van der Waals surface area contributed by atoms with Gasteiger partial charge in [0.25, 0.3) is 0 Å². The molecule has 0 aliphatic carbocycles. The van der Waals surface area contributed by atoms with E-state index in [1.807, 2.05) is 0 Å². The summed E-state index contributed by atoms with van der Waals surface area (Å²) in [5, 5.41) is 2.82. The van der Waals surface area contributed by atoms with Crippen LogP contribution in [-0.4, -0.2) is 50.7 Å². The van der Waals surface area contributed by atoms with Crippen molar-refractivity contribution in [2.45, 2.75) is 19.3 Å². The van der Waals surface area contributed by atoms with Crippen LogP contribution in [0.15, 0.2) is 0 Å². The molecule has 0 atom stereocenters. The van der Waals surface area contributed by atoms with Crippen LogP contribution in [-0.2, 0) is 9.53 Å². The van der Waals surface area contributed by atoms with Crippen molar-refractivity contribution in [1.82, 2.24) is 10.2 Å². The maximum absolute atomic E-state index is 11.3. The number of nitrogens with one attached hydrogen (secondary N) is 1. The summed E-state index contributed by atoms with van der Waals surface area (Å²) in [6, 6.07) is 0. The Kier molecular flexibility index (Phi) is 5.56. The number of methoxy groups -OCH3 is 1. The van der Waals surface area contributed by atoms with E-state index in [-0.39, 0.29) is 5.91 Å². The van der Waals surface area contributed by atoms with E-state index >= 15 is 0 Å². The SMILES string of the molecule is COCCNC(=O)CCN1CCCC1. The number of carbonyl (C=O) groups excluding carboxylic acids is 1. The fourth-order valence-electron chi connectivity index (χ4n) is 1.65. The highest BCUT2D eigenvalue weighted by molar-refractivity contribution is 5.76. The maximum atomic E-state index is 11.3. The topological polar surface area (TPSA) is 41.6 Å². The van der Waals surface area contributed by atoms with E-state index in [0.717, 1.165) is 19.6 Å². The number of rotatable bonds is 6. The highest BCUT2D eigenvalue weighted by atomic mass is 16.5. The van der Waals surface area contributed by atoms with E-state index in [9.17, 15) is 4.79 Å². The molecule has 0 aromatic rings. The van der Waals surface area contributed by atoms with Crippen LogP contribution >= 0.6 is 0 Å². The summed E-state index contributed by atoms with van der Waals surface area (Å²) in [7, 11) is 1.64. The van der Waals surface area contributed by atoms with Gasteiger partial charge < -0.3 is 15.0 Å². The second kappa shape index (κ2) is 6.79. The molecule has 0 aromatic carbocycles. The average Bonchev–Trinajstić information content (AvgIpc) is 2.68. The van der Waals surface area contributed by atoms with E-state index in [1.165, 1.54) is 12.8 Å². The molecule has 1 rings (SSSR count). The first-order valence-electron chi connectivity index (χ1n) is 5.31. The van der Waals surface area contributed by atoms with Crippen LogP contribution in [0.1, 0.15) is 19.3 Å². The Labute approximate surface area is 85.6 Å². The van der Waals surface area contributed by atoms with Crippen molar-refractivity contribution in [3.8, 4) is 0 Å². The molecule has 1 heterocycles. The molecule has 1 aliphatic heterocycles. The monoisotopic (exact) mass is 200 g/mol. The highest BCUT2D eigenvalue weighted by Gasteiger charge is 2.12. The molecule has 0 radical (unpaired) electrons. The zero-order valence-electron chi connectivity index (χ0n) is 8.92. The van der Waals surface area contributed by atoms with Gasteiger partial charge in [-0.25, -0.2) is 0 Å². The molecule has 1 saturated heterocycles. The molecule has 1 fully saturated rings. The fourth-order valence-corrected chi connectivity index (χ4v) is 1.65. The molecule has 14 heavy (non-hydrogen) atoms. The Morgan fingerprint density at radius 1 is 1.43 bits per heavy atom. The normalized spacial score (nSPS) is 17.2. The van der Waals surface area contributed by atoms with Gasteiger partial charge in [-0.3, -0.25) is 4.79 Å². The molecular weight excluding hydrogens is 180 g/mol. The number of hydrogen-bond acceptors (Lipinski definition) is 3. The maximum Gasteiger partial charge on any atom is 0.221 e. The number of likely N-dealkylation sites (tertiary alicyclic amines) is 1. The minimum absolute atomic E-state index is 0.133. The highest BCUT2D eigenvalue weighted by Crippen LogP contribution is 2.06. The molecule has 0 unspecified atom stereocenters. The van der Waals surface area contributed by atoms with Gasteiger partial charge in [0.15, 0.2) is 0 Å². The largest absolute Gasteiger partial charge is 0.383 e. The molecule has 1 N–H and O–H groups in total. The molecule has 0 aromatic heterocycles. The Balaban J connectivity index is 1.96. The van der Waals surface area contributed by atoms with Crippen molar-refractivity contribution in [3.63, 3.8) is 0 Å². The molecule has 82 valence electrons. The quantitative estimate of drug-likeness (QED) is 0.624. The molecule has 4 nitrogen and oxygen atoms in total. The van der Waals surface area contributed by atoms with Gasteiger partial charge in [0.1, 0.15) is 0 Å². The van der Waals surface area contributed by atoms with E-state index in [4.69, 9.17) is 4.74 Å². The molecule has 4 heteroatoms. The van der Waals surface area contributed by atoms with Gasteiger partial charge in [-0.2, -0.15) is 0 Å². The van der Waals surface area contributed by atoms with Crippen LogP contribution in [0.3, 0.4) is 0 Å². The standard InChI is InChI=1S/C10H20N2O2/c1-14-9-5-11-10(13)4-8-12-6-2-3-7-12/h2-9H2,1H3,(H,11,13). The summed E-state index contributed by atoms with van der Waals surface area (Å²) in [6.45, 7) is 4.43. The first-order valence-corrected chi connectivity index (χ1v) is 5.31. The van der Waals surface area contributed by atoms with E-state index in [1.54, 1.807) is 7.11 Å². The van der Waals surface area contributed by atoms with Crippen LogP contribution in [0.2, 0.25) is 0 Å². The zero-order chi connectivity index (χ0) is 10.2. The summed E-state index contributed by atoms with van der Waals surface area (Å²) in [5.74, 6) is 0.133. The van der Waals surface area contributed by atoms with Crippen molar-refractivity contribution in [1.29, 1.82) is 0 Å². The van der Waals surface area contributed by atoms with Crippen LogP contribution in [0.25, 0.3) is 0 Å². The summed E-state index contributed by atoms with van der Waals surface area (Å²) in [5.41, 5.74) is 0. The molecule has 0 bridgehead atoms. The number of ether oxygens (including phenoxy) is 1. The van der Waals surface area contributed by atoms with E-state index < -0.39 is 0 Å². The van der Waals surface area contributed by atoms with Crippen LogP contribution < -0.4 is 5.32 Å². The minimum atomic E-state index is 0.133. The number of hydrogen-bond donors (Lipinski definition) is 1. The first kappa shape index (κ1) is 11.5. The second-order valence-electron chi connectivity index (χ2n) is 3.64. The van der Waals surface area contributed by atoms with Gasteiger partial charge in [-0.1, -0.05) is 0 Å². The molecular formula is C10H20N2O2. The first-order chi connectivity index (χ1) is 6.83. The zero-order valence-corrected chi connectivity index (χ0v) is 8.92. The third-order valence-electron chi connectivity index (χ3n) is 2.48. The van der Waals surface area contributed by atoms with Crippen molar-refractivity contribution in [2.75, 3.05) is 39.9 Å². The number of carbonyl (C=O) groups is 1. The van der Waals surface area contributed by atoms with Gasteiger partial charge in [-0.15, -0.1) is 0 Å². The van der Waals surface area contributed by atoms with Gasteiger partial charge in [0.05, 0.1) is 6.61 Å². The minimum Gasteiger partial charge on any atom is -0.383 e. The van der Waals surface area contributed by atoms with Gasteiger partial charge in [0.2, 0.25) is 5.91 Å². The Hall–Kier alpha value is -0.610. The average molecular weight is 200 g/mol. The third kappa shape index (κ3) is 4.58.